The number of esters is 1. The average molecular weight is 246 g/mol. The minimum Gasteiger partial charge on any atom is -1.00 e. The van der Waals surface area contributed by atoms with Gasteiger partial charge in [0, 0.05) is 6.92 Å². The standard InChI is InChI=1S/C9H8O4.Ca.Na.3H/c1-6(10)13-8-5-3-2-4-7(8)9(11)12;;;;;/h2-5H,1H3,(H,11,12);;;;;/q;+2;+1;3*-1. The van der Waals surface area contributed by atoms with Gasteiger partial charge in [-0.25, -0.2) is 4.79 Å². The summed E-state index contributed by atoms with van der Waals surface area (Å²) in [5, 5.41) is 8.69. The minimum absolute atomic E-state index is 0. The molecule has 0 bridgehead atoms. The van der Waals surface area contributed by atoms with Crippen LogP contribution in [0.5, 0.6) is 5.75 Å². The fraction of sp³-hybridized carbons (Fsp3) is 0.111. The van der Waals surface area contributed by atoms with Crippen molar-refractivity contribution in [1.29, 1.82) is 0 Å². The average Bonchev–Trinajstić information content (AvgIpc) is 2.03. The van der Waals surface area contributed by atoms with Gasteiger partial charge in [0.15, 0.2) is 0 Å². The zero-order valence-electron chi connectivity index (χ0n) is 11.7. The second kappa shape index (κ2) is 8.56. The Morgan fingerprint density at radius 1 is 1.33 bits per heavy atom. The van der Waals surface area contributed by atoms with Crippen LogP contribution in [0.15, 0.2) is 24.3 Å². The number of carbonyl (C=O) groups is 2. The maximum absolute atomic E-state index is 10.6. The van der Waals surface area contributed by atoms with Gasteiger partial charge in [-0.1, -0.05) is 12.1 Å². The number of carboxylic acids is 1. The van der Waals surface area contributed by atoms with E-state index in [9.17, 15) is 9.59 Å². The smallest absolute Gasteiger partial charge is 1.00 e. The zero-order valence-corrected chi connectivity index (χ0v) is 12.9. The number of hydrogen-bond donors (Lipinski definition) is 1. The molecule has 0 aliphatic heterocycles. The van der Waals surface area contributed by atoms with Crippen LogP contribution in [-0.2, 0) is 4.79 Å². The number of ether oxygens (including phenoxy) is 1. The van der Waals surface area contributed by atoms with Gasteiger partial charge in [-0.15, -0.1) is 0 Å². The van der Waals surface area contributed by atoms with Gasteiger partial charge in [0.1, 0.15) is 11.3 Å². The maximum Gasteiger partial charge on any atom is 2.00 e. The van der Waals surface area contributed by atoms with Gasteiger partial charge in [0.05, 0.1) is 0 Å². The van der Waals surface area contributed by atoms with Crippen LogP contribution in [0.25, 0.3) is 0 Å². The molecule has 1 aromatic carbocycles. The summed E-state index contributed by atoms with van der Waals surface area (Å²) in [6.07, 6.45) is 0. The van der Waals surface area contributed by atoms with E-state index in [1.165, 1.54) is 19.1 Å². The Hall–Kier alpha value is 0.420. The molecule has 0 spiro atoms. The Bertz CT molecular complexity index is 365. The number of aromatic carboxylic acids is 1. The Balaban J connectivity index is -0.000000113. The molecule has 0 saturated heterocycles. The molecule has 6 heteroatoms. The fourth-order valence-corrected chi connectivity index (χ4v) is 0.887. The Kier molecular flexibility index (Phi) is 10.2. The van der Waals surface area contributed by atoms with E-state index in [4.69, 9.17) is 5.11 Å². The molecule has 4 nitrogen and oxygen atoms in total. The first-order valence-corrected chi connectivity index (χ1v) is 3.62. The van der Waals surface area contributed by atoms with Crippen molar-refractivity contribution in [3.05, 3.63) is 29.8 Å². The number of hydrogen-bond acceptors (Lipinski definition) is 3. The van der Waals surface area contributed by atoms with Crippen molar-refractivity contribution in [1.82, 2.24) is 0 Å². The maximum atomic E-state index is 10.6. The molecule has 0 amide bonds. The Morgan fingerprint density at radius 3 is 2.33 bits per heavy atom. The zero-order chi connectivity index (χ0) is 9.84. The molecule has 0 aliphatic carbocycles. The molecule has 1 aromatic rings. The normalized spacial score (nSPS) is 8.07. The van der Waals surface area contributed by atoms with Crippen LogP contribution >= 0.6 is 0 Å². The van der Waals surface area contributed by atoms with Crippen LogP contribution < -0.4 is 34.3 Å². The first-order valence-electron chi connectivity index (χ1n) is 3.62. The number of para-hydroxylation sites is 1. The second-order valence-corrected chi connectivity index (χ2v) is 2.39. The van der Waals surface area contributed by atoms with E-state index in [1.54, 1.807) is 12.1 Å². The summed E-state index contributed by atoms with van der Waals surface area (Å²) in [7, 11) is 0. The topological polar surface area (TPSA) is 63.6 Å². The quantitative estimate of drug-likeness (QED) is 0.383. The molecular formula is C9H11CaNaO4. The van der Waals surface area contributed by atoms with Gasteiger partial charge in [-0.3, -0.25) is 4.79 Å². The fourth-order valence-electron chi connectivity index (χ4n) is 0.887. The third-order valence-electron chi connectivity index (χ3n) is 1.37. The van der Waals surface area contributed by atoms with Crippen LogP contribution in [0.3, 0.4) is 0 Å². The van der Waals surface area contributed by atoms with Crippen LogP contribution in [0, 0.1) is 0 Å². The van der Waals surface area contributed by atoms with E-state index in [-0.39, 0.29) is 82.9 Å². The van der Waals surface area contributed by atoms with Crippen molar-refractivity contribution in [2.75, 3.05) is 0 Å². The van der Waals surface area contributed by atoms with Crippen molar-refractivity contribution >= 4 is 49.7 Å². The molecule has 0 aromatic heterocycles. The van der Waals surface area contributed by atoms with Gasteiger partial charge in [0.2, 0.25) is 0 Å². The summed E-state index contributed by atoms with van der Waals surface area (Å²) in [5.74, 6) is -1.58. The third kappa shape index (κ3) is 5.90. The number of carbonyl (C=O) groups excluding carboxylic acids is 1. The predicted octanol–water partition coefficient (Wildman–Crippen LogP) is -1.73. The van der Waals surface area contributed by atoms with Gasteiger partial charge in [0.25, 0.3) is 0 Å². The van der Waals surface area contributed by atoms with Crippen LogP contribution in [0.2, 0.25) is 0 Å². The molecule has 0 atom stereocenters. The predicted molar refractivity (Wildman–Crippen MR) is 53.8 cm³/mol. The molecule has 1 rings (SSSR count). The number of benzene rings is 1. The summed E-state index contributed by atoms with van der Waals surface area (Å²) in [5.41, 5.74) is -0.0160. The molecule has 0 unspecified atom stereocenters. The summed E-state index contributed by atoms with van der Waals surface area (Å²) >= 11 is 0. The van der Waals surface area contributed by atoms with Crippen LogP contribution in [0.4, 0.5) is 0 Å². The number of carboxylic acid groups (broad SMARTS) is 1. The van der Waals surface area contributed by atoms with E-state index in [1.807, 2.05) is 0 Å². The summed E-state index contributed by atoms with van der Waals surface area (Å²) in [6.45, 7) is 1.22. The number of rotatable bonds is 2. The molecule has 74 valence electrons. The van der Waals surface area contributed by atoms with Crippen molar-refractivity contribution in [3.63, 3.8) is 0 Å². The van der Waals surface area contributed by atoms with Gasteiger partial charge >= 0.3 is 79.2 Å². The van der Waals surface area contributed by atoms with Crippen LogP contribution in [-0.4, -0.2) is 54.8 Å². The molecule has 0 fully saturated rings. The van der Waals surface area contributed by atoms with E-state index < -0.39 is 11.9 Å². The monoisotopic (exact) mass is 246 g/mol. The van der Waals surface area contributed by atoms with Gasteiger partial charge in [-0.2, -0.15) is 0 Å². The van der Waals surface area contributed by atoms with E-state index in [0.717, 1.165) is 0 Å². The minimum atomic E-state index is -1.11. The Labute approximate surface area is 144 Å². The van der Waals surface area contributed by atoms with Crippen molar-refractivity contribution < 1.29 is 53.3 Å². The van der Waals surface area contributed by atoms with Crippen LogP contribution in [0.1, 0.15) is 21.6 Å². The van der Waals surface area contributed by atoms with E-state index in [2.05, 4.69) is 4.74 Å². The SMILES string of the molecule is CC(=O)Oc1ccccc1C(=O)O.[Ca+2].[H-].[H-].[H-].[Na+]. The molecule has 0 aliphatic rings. The molecule has 1 N–H and O–H groups in total. The third-order valence-corrected chi connectivity index (χ3v) is 1.37. The molecule has 0 saturated carbocycles. The molecular weight excluding hydrogens is 235 g/mol. The first kappa shape index (κ1) is 17.8. The van der Waals surface area contributed by atoms with Crippen molar-refractivity contribution in [2.45, 2.75) is 6.92 Å². The summed E-state index contributed by atoms with van der Waals surface area (Å²) in [4.78, 5) is 21.2. The van der Waals surface area contributed by atoms with E-state index >= 15 is 0 Å². The Morgan fingerprint density at radius 2 is 1.87 bits per heavy atom. The van der Waals surface area contributed by atoms with Gasteiger partial charge < -0.3 is 14.1 Å². The molecule has 0 radical (unpaired) electrons. The van der Waals surface area contributed by atoms with Crippen molar-refractivity contribution in [2.24, 2.45) is 0 Å². The molecule has 15 heavy (non-hydrogen) atoms. The second-order valence-electron chi connectivity index (χ2n) is 2.39. The summed E-state index contributed by atoms with van der Waals surface area (Å²) < 4.78 is 4.69. The van der Waals surface area contributed by atoms with Crippen molar-refractivity contribution in [3.8, 4) is 5.75 Å². The molecule has 0 heterocycles. The van der Waals surface area contributed by atoms with E-state index in [0.29, 0.717) is 0 Å². The largest absolute Gasteiger partial charge is 2.00 e. The first-order chi connectivity index (χ1) is 6.11. The summed E-state index contributed by atoms with van der Waals surface area (Å²) in [6, 6.07) is 5.98. The van der Waals surface area contributed by atoms with Gasteiger partial charge in [-0.05, 0) is 12.1 Å².